The third kappa shape index (κ3) is 3.23. The van der Waals surface area contributed by atoms with Crippen LogP contribution in [-0.2, 0) is 6.54 Å². The predicted molar refractivity (Wildman–Crippen MR) is 72.8 cm³/mol. The SMILES string of the molecule is COc1cc(CNC(=O)c2ccc(F)cc2N)ccn1. The molecule has 0 saturated heterocycles. The summed E-state index contributed by atoms with van der Waals surface area (Å²) in [5.41, 5.74) is 6.79. The van der Waals surface area contributed by atoms with Crippen LogP contribution in [0.2, 0.25) is 0 Å². The Labute approximate surface area is 115 Å². The van der Waals surface area contributed by atoms with Crippen LogP contribution in [0.3, 0.4) is 0 Å². The maximum Gasteiger partial charge on any atom is 0.253 e. The van der Waals surface area contributed by atoms with Gasteiger partial charge in [0.25, 0.3) is 5.91 Å². The van der Waals surface area contributed by atoms with E-state index in [1.165, 1.54) is 19.2 Å². The molecule has 0 aliphatic rings. The highest BCUT2D eigenvalue weighted by Crippen LogP contribution is 2.14. The molecule has 2 aromatic rings. The molecule has 1 heterocycles. The minimum Gasteiger partial charge on any atom is -0.481 e. The Balaban J connectivity index is 2.04. The van der Waals surface area contributed by atoms with E-state index in [2.05, 4.69) is 10.3 Å². The molecule has 1 aromatic carbocycles. The second kappa shape index (κ2) is 6.01. The quantitative estimate of drug-likeness (QED) is 0.833. The molecular formula is C14H14FN3O2. The highest BCUT2D eigenvalue weighted by molar-refractivity contribution is 5.99. The van der Waals surface area contributed by atoms with Gasteiger partial charge in [-0.05, 0) is 29.8 Å². The highest BCUT2D eigenvalue weighted by atomic mass is 19.1. The summed E-state index contributed by atoms with van der Waals surface area (Å²) in [5, 5.41) is 2.70. The summed E-state index contributed by atoms with van der Waals surface area (Å²) < 4.78 is 17.9. The smallest absolute Gasteiger partial charge is 0.253 e. The number of nitrogens with one attached hydrogen (secondary N) is 1. The summed E-state index contributed by atoms with van der Waals surface area (Å²) in [6.45, 7) is 0.300. The number of ether oxygens (including phenoxy) is 1. The Morgan fingerprint density at radius 2 is 2.20 bits per heavy atom. The summed E-state index contributed by atoms with van der Waals surface area (Å²) in [4.78, 5) is 15.9. The first kappa shape index (κ1) is 13.8. The van der Waals surface area contributed by atoms with Crippen LogP contribution in [0.25, 0.3) is 0 Å². The lowest BCUT2D eigenvalue weighted by Gasteiger charge is -2.08. The number of nitrogens with two attached hydrogens (primary N) is 1. The van der Waals surface area contributed by atoms with Gasteiger partial charge in [-0.2, -0.15) is 0 Å². The van der Waals surface area contributed by atoms with E-state index in [-0.39, 0.29) is 17.2 Å². The maximum absolute atomic E-state index is 12.9. The fraction of sp³-hybridized carbons (Fsp3) is 0.143. The molecule has 6 heteroatoms. The average Bonchev–Trinajstić information content (AvgIpc) is 2.45. The van der Waals surface area contributed by atoms with E-state index in [4.69, 9.17) is 10.5 Å². The molecule has 0 spiro atoms. The van der Waals surface area contributed by atoms with Gasteiger partial charge in [0, 0.05) is 24.5 Å². The zero-order valence-electron chi connectivity index (χ0n) is 10.9. The van der Waals surface area contributed by atoms with Crippen molar-refractivity contribution in [2.75, 3.05) is 12.8 Å². The number of hydrogen-bond donors (Lipinski definition) is 2. The molecule has 20 heavy (non-hydrogen) atoms. The molecule has 0 aliphatic carbocycles. The largest absolute Gasteiger partial charge is 0.481 e. The van der Waals surface area contributed by atoms with E-state index in [0.29, 0.717) is 12.4 Å². The van der Waals surface area contributed by atoms with Crippen molar-refractivity contribution in [3.63, 3.8) is 0 Å². The van der Waals surface area contributed by atoms with Gasteiger partial charge in [0.15, 0.2) is 0 Å². The first-order chi connectivity index (χ1) is 9.60. The summed E-state index contributed by atoms with van der Waals surface area (Å²) >= 11 is 0. The topological polar surface area (TPSA) is 77.2 Å². The van der Waals surface area contributed by atoms with Crippen molar-refractivity contribution in [2.45, 2.75) is 6.54 Å². The normalized spacial score (nSPS) is 10.1. The molecule has 0 fully saturated rings. The van der Waals surface area contributed by atoms with Crippen LogP contribution in [0.15, 0.2) is 36.5 Å². The third-order valence-electron chi connectivity index (χ3n) is 2.72. The minimum atomic E-state index is -0.474. The number of hydrogen-bond acceptors (Lipinski definition) is 4. The zero-order chi connectivity index (χ0) is 14.5. The number of nitrogen functional groups attached to an aromatic ring is 1. The van der Waals surface area contributed by atoms with E-state index in [0.717, 1.165) is 11.6 Å². The number of rotatable bonds is 4. The summed E-state index contributed by atoms with van der Waals surface area (Å²) in [6, 6.07) is 7.14. The number of methoxy groups -OCH3 is 1. The van der Waals surface area contributed by atoms with Gasteiger partial charge < -0.3 is 15.8 Å². The van der Waals surface area contributed by atoms with Crippen molar-refractivity contribution in [3.8, 4) is 5.88 Å². The maximum atomic E-state index is 12.9. The summed E-state index contributed by atoms with van der Waals surface area (Å²) in [7, 11) is 1.52. The van der Waals surface area contributed by atoms with Crippen molar-refractivity contribution in [3.05, 3.63) is 53.5 Å². The van der Waals surface area contributed by atoms with Gasteiger partial charge in [0.1, 0.15) is 5.82 Å². The first-order valence-electron chi connectivity index (χ1n) is 5.92. The number of pyridine rings is 1. The summed E-state index contributed by atoms with van der Waals surface area (Å²) in [5.74, 6) is -0.366. The van der Waals surface area contributed by atoms with Crippen LogP contribution >= 0.6 is 0 Å². The molecule has 3 N–H and O–H groups in total. The highest BCUT2D eigenvalue weighted by Gasteiger charge is 2.10. The number of anilines is 1. The molecule has 104 valence electrons. The van der Waals surface area contributed by atoms with Crippen molar-refractivity contribution in [2.24, 2.45) is 0 Å². The Bertz CT molecular complexity index is 632. The monoisotopic (exact) mass is 275 g/mol. The van der Waals surface area contributed by atoms with Gasteiger partial charge in [0.05, 0.1) is 12.7 Å². The number of carbonyl (C=O) groups excluding carboxylic acids is 1. The van der Waals surface area contributed by atoms with Gasteiger partial charge in [-0.15, -0.1) is 0 Å². The van der Waals surface area contributed by atoms with Crippen molar-refractivity contribution >= 4 is 11.6 Å². The standard InChI is InChI=1S/C14H14FN3O2/c1-20-13-6-9(4-5-17-13)8-18-14(19)11-3-2-10(15)7-12(11)16/h2-7H,8,16H2,1H3,(H,18,19). The van der Waals surface area contributed by atoms with Gasteiger partial charge in [-0.25, -0.2) is 9.37 Å². The second-order valence-electron chi connectivity index (χ2n) is 4.12. The first-order valence-corrected chi connectivity index (χ1v) is 5.92. The van der Waals surface area contributed by atoms with Crippen molar-refractivity contribution in [1.29, 1.82) is 0 Å². The molecule has 5 nitrogen and oxygen atoms in total. The van der Waals surface area contributed by atoms with Gasteiger partial charge in [-0.3, -0.25) is 4.79 Å². The number of benzene rings is 1. The van der Waals surface area contributed by atoms with Gasteiger partial charge in [-0.1, -0.05) is 0 Å². The third-order valence-corrected chi connectivity index (χ3v) is 2.72. The Kier molecular flexibility index (Phi) is 4.14. The average molecular weight is 275 g/mol. The molecule has 0 radical (unpaired) electrons. The summed E-state index contributed by atoms with van der Waals surface area (Å²) in [6.07, 6.45) is 1.59. The van der Waals surface area contributed by atoms with Gasteiger partial charge in [0.2, 0.25) is 5.88 Å². The minimum absolute atomic E-state index is 0.106. The fourth-order valence-corrected chi connectivity index (χ4v) is 1.69. The lowest BCUT2D eigenvalue weighted by atomic mass is 10.1. The Morgan fingerprint density at radius 1 is 1.40 bits per heavy atom. The molecule has 0 unspecified atom stereocenters. The lowest BCUT2D eigenvalue weighted by molar-refractivity contribution is 0.0951. The fourth-order valence-electron chi connectivity index (χ4n) is 1.69. The molecule has 0 saturated carbocycles. The number of nitrogens with zero attached hydrogens (tertiary/aromatic N) is 1. The van der Waals surface area contributed by atoms with E-state index in [9.17, 15) is 9.18 Å². The van der Waals surface area contributed by atoms with Gasteiger partial charge >= 0.3 is 0 Å². The number of carbonyl (C=O) groups is 1. The number of halogens is 1. The Hall–Kier alpha value is -2.63. The van der Waals surface area contributed by atoms with E-state index >= 15 is 0 Å². The molecule has 0 aliphatic heterocycles. The lowest BCUT2D eigenvalue weighted by Crippen LogP contribution is -2.23. The zero-order valence-corrected chi connectivity index (χ0v) is 10.9. The van der Waals surface area contributed by atoms with E-state index < -0.39 is 5.82 Å². The second-order valence-corrected chi connectivity index (χ2v) is 4.12. The molecule has 2 rings (SSSR count). The number of aromatic nitrogens is 1. The molecular weight excluding hydrogens is 261 g/mol. The number of amides is 1. The van der Waals surface area contributed by atoms with E-state index in [1.807, 2.05) is 0 Å². The molecule has 0 bridgehead atoms. The molecule has 1 amide bonds. The molecule has 0 atom stereocenters. The predicted octanol–water partition coefficient (Wildman–Crippen LogP) is 1.74. The van der Waals surface area contributed by atoms with Crippen LogP contribution in [-0.4, -0.2) is 18.0 Å². The van der Waals surface area contributed by atoms with Crippen molar-refractivity contribution in [1.82, 2.24) is 10.3 Å². The van der Waals surface area contributed by atoms with Crippen LogP contribution in [0.1, 0.15) is 15.9 Å². The van der Waals surface area contributed by atoms with Crippen LogP contribution in [0, 0.1) is 5.82 Å². The van der Waals surface area contributed by atoms with Crippen LogP contribution in [0.4, 0.5) is 10.1 Å². The van der Waals surface area contributed by atoms with Crippen molar-refractivity contribution < 1.29 is 13.9 Å². The van der Waals surface area contributed by atoms with Crippen LogP contribution in [0.5, 0.6) is 5.88 Å². The molecule has 1 aromatic heterocycles. The van der Waals surface area contributed by atoms with E-state index in [1.54, 1.807) is 18.3 Å². The van der Waals surface area contributed by atoms with Crippen LogP contribution < -0.4 is 15.8 Å². The Morgan fingerprint density at radius 3 is 2.90 bits per heavy atom.